The number of nitrogens with one attached hydrogen (secondary N) is 1. The Hall–Kier alpha value is -3.59. The second kappa shape index (κ2) is 8.81. The molecule has 1 amide bonds. The molecule has 1 saturated carbocycles. The summed E-state index contributed by atoms with van der Waals surface area (Å²) in [4.78, 5) is 12.6. The SMILES string of the molecule is COC1=C(/C=C/c2ccon2)C(C)(S(=O)(=O)n2c(CNC(=O)C3(C)CC3)cc3ccccc32)CC=C1. The number of hydrogen-bond donors (Lipinski definition) is 1. The quantitative estimate of drug-likeness (QED) is 0.480. The van der Waals surface area contributed by atoms with Gasteiger partial charge in [-0.05, 0) is 50.5 Å². The second-order valence-electron chi connectivity index (χ2n) is 9.78. The van der Waals surface area contributed by atoms with Crippen LogP contribution in [0.3, 0.4) is 0 Å². The lowest BCUT2D eigenvalue weighted by molar-refractivity contribution is -0.125. The largest absolute Gasteiger partial charge is 0.496 e. The molecule has 188 valence electrons. The second-order valence-corrected chi connectivity index (χ2v) is 12.0. The molecule has 0 aliphatic heterocycles. The third-order valence-corrected chi connectivity index (χ3v) is 9.67. The van der Waals surface area contributed by atoms with Gasteiger partial charge in [0, 0.05) is 22.4 Å². The van der Waals surface area contributed by atoms with Crippen LogP contribution in [0.25, 0.3) is 17.0 Å². The first-order chi connectivity index (χ1) is 17.2. The molecule has 36 heavy (non-hydrogen) atoms. The Kier molecular flexibility index (Phi) is 5.90. The first kappa shape index (κ1) is 24.1. The van der Waals surface area contributed by atoms with Gasteiger partial charge in [0.1, 0.15) is 22.5 Å². The highest BCUT2D eigenvalue weighted by Gasteiger charge is 2.47. The first-order valence-electron chi connectivity index (χ1n) is 11.9. The van der Waals surface area contributed by atoms with Gasteiger partial charge in [0.25, 0.3) is 0 Å². The van der Waals surface area contributed by atoms with Gasteiger partial charge in [0.2, 0.25) is 15.9 Å². The number of aromatic nitrogens is 2. The van der Waals surface area contributed by atoms with Gasteiger partial charge in [0.15, 0.2) is 0 Å². The molecule has 2 aromatic heterocycles. The standard InChI is InChI=1S/C27H29N3O5S/c1-26(14-15-26)25(31)28-18-21-17-19-7-4-5-8-23(19)30(21)36(32,33)27(2)13-6-9-24(34-3)22(27)11-10-20-12-16-35-29-20/h4-12,16-17H,13-15,18H2,1-3H3,(H,28,31)/b11-10+. The van der Waals surface area contributed by atoms with Crippen LogP contribution in [0.1, 0.15) is 44.5 Å². The van der Waals surface area contributed by atoms with E-state index in [0.717, 1.165) is 18.2 Å². The normalized spacial score (nSPS) is 21.3. The fourth-order valence-electron chi connectivity index (χ4n) is 4.60. The van der Waals surface area contributed by atoms with Crippen molar-refractivity contribution in [2.75, 3.05) is 7.11 Å². The average molecular weight is 508 g/mol. The molecule has 1 N–H and O–H groups in total. The van der Waals surface area contributed by atoms with Crippen molar-refractivity contribution < 1.29 is 22.5 Å². The van der Waals surface area contributed by atoms with Crippen LogP contribution in [-0.4, -0.2) is 35.3 Å². The summed E-state index contributed by atoms with van der Waals surface area (Å²) in [5.74, 6) is 0.404. The topological polar surface area (TPSA) is 103 Å². The Labute approximate surface area is 210 Å². The van der Waals surface area contributed by atoms with E-state index in [0.29, 0.717) is 28.2 Å². The van der Waals surface area contributed by atoms with Crippen LogP contribution in [0.4, 0.5) is 0 Å². The molecule has 0 spiro atoms. The molecule has 5 rings (SSSR count). The van der Waals surface area contributed by atoms with E-state index in [2.05, 4.69) is 10.5 Å². The number of carbonyl (C=O) groups is 1. The Morgan fingerprint density at radius 1 is 1.22 bits per heavy atom. The molecular weight excluding hydrogens is 478 g/mol. The molecule has 1 aromatic carbocycles. The maximum absolute atomic E-state index is 14.6. The molecule has 2 aliphatic rings. The molecule has 1 fully saturated rings. The van der Waals surface area contributed by atoms with E-state index in [1.165, 1.54) is 17.3 Å². The minimum absolute atomic E-state index is 0.0543. The summed E-state index contributed by atoms with van der Waals surface area (Å²) in [6, 6.07) is 10.9. The summed E-state index contributed by atoms with van der Waals surface area (Å²) in [6.45, 7) is 3.74. The van der Waals surface area contributed by atoms with Crippen molar-refractivity contribution in [2.45, 2.75) is 44.4 Å². The monoisotopic (exact) mass is 507 g/mol. The van der Waals surface area contributed by atoms with Crippen LogP contribution in [0.2, 0.25) is 0 Å². The fraction of sp³-hybridized carbons (Fsp3) is 0.333. The number of allylic oxidation sites excluding steroid dienone is 3. The van der Waals surface area contributed by atoms with Crippen LogP contribution in [0, 0.1) is 5.41 Å². The average Bonchev–Trinajstić information content (AvgIpc) is 3.26. The lowest BCUT2D eigenvalue weighted by Crippen LogP contribution is -2.43. The van der Waals surface area contributed by atoms with Crippen molar-refractivity contribution >= 4 is 32.9 Å². The predicted octanol–water partition coefficient (Wildman–Crippen LogP) is 4.56. The van der Waals surface area contributed by atoms with Crippen LogP contribution < -0.4 is 5.32 Å². The predicted molar refractivity (Wildman–Crippen MR) is 137 cm³/mol. The zero-order chi connectivity index (χ0) is 25.6. The van der Waals surface area contributed by atoms with Crippen molar-refractivity contribution in [3.05, 3.63) is 83.6 Å². The van der Waals surface area contributed by atoms with Crippen LogP contribution in [-0.2, 0) is 26.1 Å². The number of para-hydroxylation sites is 1. The summed E-state index contributed by atoms with van der Waals surface area (Å²) in [6.07, 6.45) is 10.4. The van der Waals surface area contributed by atoms with Gasteiger partial charge < -0.3 is 14.6 Å². The molecule has 0 saturated heterocycles. The summed E-state index contributed by atoms with van der Waals surface area (Å²) in [5.41, 5.74) is 1.78. The molecule has 2 aliphatic carbocycles. The highest BCUT2D eigenvalue weighted by atomic mass is 32.2. The minimum Gasteiger partial charge on any atom is -0.496 e. The number of fused-ring (bicyclic) bond motifs is 1. The van der Waals surface area contributed by atoms with E-state index in [1.54, 1.807) is 37.3 Å². The van der Waals surface area contributed by atoms with Gasteiger partial charge in [-0.3, -0.25) is 4.79 Å². The third-order valence-electron chi connectivity index (χ3n) is 7.24. The molecule has 2 heterocycles. The van der Waals surface area contributed by atoms with Crippen LogP contribution in [0.5, 0.6) is 0 Å². The van der Waals surface area contributed by atoms with Crippen LogP contribution >= 0.6 is 0 Å². The summed E-state index contributed by atoms with van der Waals surface area (Å²) in [7, 11) is -2.52. The molecule has 1 unspecified atom stereocenters. The van der Waals surface area contributed by atoms with E-state index < -0.39 is 14.8 Å². The Morgan fingerprint density at radius 2 is 2.00 bits per heavy atom. The summed E-state index contributed by atoms with van der Waals surface area (Å²) in [5, 5.41) is 7.64. The zero-order valence-electron chi connectivity index (χ0n) is 20.5. The Bertz CT molecular complexity index is 1510. The Morgan fingerprint density at radius 3 is 2.69 bits per heavy atom. The number of ether oxygens (including phenoxy) is 1. The first-order valence-corrected chi connectivity index (χ1v) is 13.3. The highest BCUT2D eigenvalue weighted by Crippen LogP contribution is 2.45. The summed E-state index contributed by atoms with van der Waals surface area (Å²) < 4.78 is 39.6. The lowest BCUT2D eigenvalue weighted by atomic mass is 9.90. The van der Waals surface area contributed by atoms with Crippen molar-refractivity contribution in [1.29, 1.82) is 0 Å². The number of methoxy groups -OCH3 is 1. The number of amides is 1. The van der Waals surface area contributed by atoms with Crippen molar-refractivity contribution in [3.8, 4) is 0 Å². The number of benzene rings is 1. The smallest absolute Gasteiger partial charge is 0.249 e. The Balaban J connectivity index is 1.61. The maximum atomic E-state index is 14.6. The fourth-order valence-corrected chi connectivity index (χ4v) is 6.61. The van der Waals surface area contributed by atoms with Gasteiger partial charge in [-0.2, -0.15) is 0 Å². The van der Waals surface area contributed by atoms with Gasteiger partial charge in [0.05, 0.1) is 24.9 Å². The van der Waals surface area contributed by atoms with E-state index in [1.807, 2.05) is 37.3 Å². The number of hydrogen-bond acceptors (Lipinski definition) is 6. The van der Waals surface area contributed by atoms with Crippen molar-refractivity contribution in [1.82, 2.24) is 14.4 Å². The lowest BCUT2D eigenvalue weighted by Gasteiger charge is -2.34. The molecule has 0 bridgehead atoms. The van der Waals surface area contributed by atoms with E-state index >= 15 is 0 Å². The van der Waals surface area contributed by atoms with Gasteiger partial charge in [-0.1, -0.05) is 42.4 Å². The molecule has 9 heteroatoms. The molecule has 8 nitrogen and oxygen atoms in total. The zero-order valence-corrected chi connectivity index (χ0v) is 21.3. The van der Waals surface area contributed by atoms with Crippen molar-refractivity contribution in [2.24, 2.45) is 5.41 Å². The minimum atomic E-state index is -4.05. The number of rotatable bonds is 8. The molecule has 0 radical (unpaired) electrons. The van der Waals surface area contributed by atoms with Crippen LogP contribution in [0.15, 0.2) is 76.7 Å². The summed E-state index contributed by atoms with van der Waals surface area (Å²) >= 11 is 0. The number of nitrogens with zero attached hydrogens (tertiary/aromatic N) is 2. The van der Waals surface area contributed by atoms with Gasteiger partial charge in [-0.15, -0.1) is 0 Å². The molecule has 3 aromatic rings. The highest BCUT2D eigenvalue weighted by molar-refractivity contribution is 7.91. The number of carbonyl (C=O) groups excluding carboxylic acids is 1. The van der Waals surface area contributed by atoms with E-state index in [9.17, 15) is 13.2 Å². The third kappa shape index (κ3) is 3.97. The maximum Gasteiger partial charge on any atom is 0.249 e. The van der Waals surface area contributed by atoms with Gasteiger partial charge >= 0.3 is 0 Å². The molecular formula is C27H29N3O5S. The van der Waals surface area contributed by atoms with E-state index in [4.69, 9.17) is 9.26 Å². The van der Waals surface area contributed by atoms with E-state index in [-0.39, 0.29) is 24.3 Å². The van der Waals surface area contributed by atoms with Crippen molar-refractivity contribution in [3.63, 3.8) is 0 Å². The van der Waals surface area contributed by atoms with Gasteiger partial charge in [-0.25, -0.2) is 12.4 Å². The molecule has 1 atom stereocenters.